The molecule has 1 aliphatic heterocycles. The highest BCUT2D eigenvalue weighted by Gasteiger charge is 2.23. The fourth-order valence-electron chi connectivity index (χ4n) is 4.51. The molecule has 0 aliphatic carbocycles. The molecule has 0 radical (unpaired) electrons. The number of likely N-dealkylation sites (tertiary alicyclic amines) is 1. The van der Waals surface area contributed by atoms with Crippen molar-refractivity contribution in [1.29, 1.82) is 0 Å². The van der Waals surface area contributed by atoms with Crippen molar-refractivity contribution in [3.05, 3.63) is 72.4 Å². The smallest absolute Gasteiger partial charge is 0.407 e. The van der Waals surface area contributed by atoms with Crippen molar-refractivity contribution < 1.29 is 9.90 Å². The lowest BCUT2D eigenvalue weighted by Crippen LogP contribution is -2.36. The van der Waals surface area contributed by atoms with Gasteiger partial charge in [-0.25, -0.2) is 9.31 Å². The first-order valence-electron chi connectivity index (χ1n) is 11.5. The Morgan fingerprint density at radius 2 is 1.82 bits per heavy atom. The Balaban J connectivity index is 1.33. The predicted molar refractivity (Wildman–Crippen MR) is 134 cm³/mol. The first-order chi connectivity index (χ1) is 16.5. The molecule has 0 atom stereocenters. The Hall–Kier alpha value is -4.07. The molecule has 0 saturated carbocycles. The molecule has 1 amide bonds. The summed E-state index contributed by atoms with van der Waals surface area (Å²) in [4.78, 5) is 19.5. The van der Waals surface area contributed by atoms with Crippen molar-refractivity contribution in [3.63, 3.8) is 0 Å². The zero-order valence-electron chi connectivity index (χ0n) is 19.3. The van der Waals surface area contributed by atoms with Crippen LogP contribution in [0, 0.1) is 0 Å². The Bertz CT molecular complexity index is 1310. The van der Waals surface area contributed by atoms with E-state index in [0.717, 1.165) is 41.0 Å². The minimum Gasteiger partial charge on any atom is -0.465 e. The van der Waals surface area contributed by atoms with Gasteiger partial charge in [-0.15, -0.1) is 5.10 Å². The molecule has 8 heteroatoms. The topological polar surface area (TPSA) is 86.0 Å². The first-order valence-corrected chi connectivity index (χ1v) is 11.5. The lowest BCUT2D eigenvalue weighted by atomic mass is 9.89. The normalized spacial score (nSPS) is 14.4. The summed E-state index contributed by atoms with van der Waals surface area (Å²) < 4.78 is 1.80. The van der Waals surface area contributed by atoms with E-state index in [1.54, 1.807) is 4.52 Å². The summed E-state index contributed by atoms with van der Waals surface area (Å²) in [7, 11) is 4.06. The summed E-state index contributed by atoms with van der Waals surface area (Å²) in [5, 5.41) is 17.1. The van der Waals surface area contributed by atoms with Crippen LogP contribution in [0.3, 0.4) is 0 Å². The minimum absolute atomic E-state index is 0.387. The van der Waals surface area contributed by atoms with Gasteiger partial charge < -0.3 is 20.2 Å². The number of pyridine rings is 1. The monoisotopic (exact) mass is 456 g/mol. The quantitative estimate of drug-likeness (QED) is 0.436. The molecule has 0 unspecified atom stereocenters. The molecule has 2 aromatic heterocycles. The average molecular weight is 457 g/mol. The molecule has 3 heterocycles. The van der Waals surface area contributed by atoms with Crippen LogP contribution >= 0.6 is 0 Å². The molecule has 174 valence electrons. The fourth-order valence-corrected chi connectivity index (χ4v) is 4.51. The molecule has 8 nitrogen and oxygen atoms in total. The molecule has 4 aromatic rings. The van der Waals surface area contributed by atoms with Gasteiger partial charge in [0.1, 0.15) is 0 Å². The maximum atomic E-state index is 11.1. The van der Waals surface area contributed by atoms with Gasteiger partial charge in [-0.1, -0.05) is 24.3 Å². The molecule has 34 heavy (non-hydrogen) atoms. The van der Waals surface area contributed by atoms with Gasteiger partial charge in [-0.3, -0.25) is 0 Å². The summed E-state index contributed by atoms with van der Waals surface area (Å²) >= 11 is 0. The van der Waals surface area contributed by atoms with Crippen LogP contribution in [0.5, 0.6) is 0 Å². The number of hydrogen-bond acceptors (Lipinski definition) is 5. The van der Waals surface area contributed by atoms with E-state index in [2.05, 4.69) is 57.8 Å². The number of amides is 1. The zero-order valence-corrected chi connectivity index (χ0v) is 19.3. The number of carbonyl (C=O) groups is 1. The van der Waals surface area contributed by atoms with E-state index in [4.69, 9.17) is 10.1 Å². The summed E-state index contributed by atoms with van der Waals surface area (Å²) in [6.07, 6.45) is 2.78. The van der Waals surface area contributed by atoms with Gasteiger partial charge in [0.15, 0.2) is 5.65 Å². The van der Waals surface area contributed by atoms with Crippen LogP contribution in [0.4, 0.5) is 22.1 Å². The Morgan fingerprint density at radius 3 is 2.53 bits per heavy atom. The van der Waals surface area contributed by atoms with Crippen molar-refractivity contribution in [3.8, 4) is 11.1 Å². The number of aromatic nitrogens is 3. The van der Waals surface area contributed by atoms with E-state index >= 15 is 0 Å². The molecule has 1 fully saturated rings. The van der Waals surface area contributed by atoms with Gasteiger partial charge in [0.2, 0.25) is 5.95 Å². The maximum Gasteiger partial charge on any atom is 0.407 e. The second-order valence-electron chi connectivity index (χ2n) is 8.86. The van der Waals surface area contributed by atoms with Crippen LogP contribution in [0.25, 0.3) is 16.8 Å². The van der Waals surface area contributed by atoms with E-state index in [-0.39, 0.29) is 0 Å². The lowest BCUT2D eigenvalue weighted by molar-refractivity contribution is 0.132. The van der Waals surface area contributed by atoms with Gasteiger partial charge in [0.25, 0.3) is 0 Å². The molecule has 2 aromatic carbocycles. The van der Waals surface area contributed by atoms with E-state index in [9.17, 15) is 4.79 Å². The molecule has 0 spiro atoms. The highest BCUT2D eigenvalue weighted by Crippen LogP contribution is 2.30. The van der Waals surface area contributed by atoms with Crippen LogP contribution in [0.2, 0.25) is 0 Å². The van der Waals surface area contributed by atoms with E-state index in [1.165, 1.54) is 10.5 Å². The van der Waals surface area contributed by atoms with Crippen molar-refractivity contribution in [2.24, 2.45) is 0 Å². The third-order valence-electron chi connectivity index (χ3n) is 6.44. The number of anilines is 3. The summed E-state index contributed by atoms with van der Waals surface area (Å²) in [6.45, 7) is 1.18. The van der Waals surface area contributed by atoms with Crippen molar-refractivity contribution in [1.82, 2.24) is 19.5 Å². The second-order valence-corrected chi connectivity index (χ2v) is 8.86. The molecular weight excluding hydrogens is 428 g/mol. The molecule has 1 aliphatic rings. The number of benzene rings is 2. The van der Waals surface area contributed by atoms with E-state index < -0.39 is 6.09 Å². The lowest BCUT2D eigenvalue weighted by Gasteiger charge is -2.30. The van der Waals surface area contributed by atoms with Gasteiger partial charge in [-0.2, -0.15) is 4.98 Å². The maximum absolute atomic E-state index is 11.1. The summed E-state index contributed by atoms with van der Waals surface area (Å²) in [5.74, 6) is 0.928. The number of rotatable bonds is 5. The first kappa shape index (κ1) is 21.8. The van der Waals surface area contributed by atoms with Crippen molar-refractivity contribution >= 4 is 29.1 Å². The fraction of sp³-hybridized carbons (Fsp3) is 0.269. The Labute approximate surface area is 198 Å². The zero-order chi connectivity index (χ0) is 23.7. The van der Waals surface area contributed by atoms with Crippen molar-refractivity contribution in [2.75, 3.05) is 37.4 Å². The Kier molecular flexibility index (Phi) is 5.79. The molecule has 5 rings (SSSR count). The molecule has 1 saturated heterocycles. The standard InChI is InChI=1S/C26H28N6O2/c1-30(2)22-6-3-5-20(17-22)23-7-4-14-32-24(23)28-25(29-32)27-21-10-8-18(9-11-21)19-12-15-31(16-13-19)26(33)34/h3-11,14,17,19H,12-13,15-16H2,1-2H3,(H,27,29)(H,33,34). The number of carboxylic acid groups (broad SMARTS) is 1. The van der Waals surface area contributed by atoms with Crippen LogP contribution < -0.4 is 10.2 Å². The van der Waals surface area contributed by atoms with E-state index in [1.807, 2.05) is 38.5 Å². The predicted octanol–water partition coefficient (Wildman–Crippen LogP) is 5.06. The number of nitrogens with zero attached hydrogens (tertiary/aromatic N) is 5. The van der Waals surface area contributed by atoms with Gasteiger partial charge >= 0.3 is 6.09 Å². The SMILES string of the molecule is CN(C)c1cccc(-c2cccn3nc(Nc4ccc(C5CCN(C(=O)O)CC5)cc4)nc23)c1. The largest absolute Gasteiger partial charge is 0.465 e. The van der Waals surface area contributed by atoms with Gasteiger partial charge in [0.05, 0.1) is 0 Å². The number of nitrogens with one attached hydrogen (secondary N) is 1. The Morgan fingerprint density at radius 1 is 1.06 bits per heavy atom. The van der Waals surface area contributed by atoms with E-state index in [0.29, 0.717) is 25.0 Å². The molecule has 2 N–H and O–H groups in total. The van der Waals surface area contributed by atoms with Crippen LogP contribution in [-0.2, 0) is 0 Å². The number of fused-ring (bicyclic) bond motifs is 1. The summed E-state index contributed by atoms with van der Waals surface area (Å²) in [5.41, 5.74) is 6.19. The minimum atomic E-state index is -0.827. The highest BCUT2D eigenvalue weighted by atomic mass is 16.4. The van der Waals surface area contributed by atoms with Crippen LogP contribution in [0.15, 0.2) is 66.9 Å². The van der Waals surface area contributed by atoms with Gasteiger partial charge in [0, 0.05) is 50.3 Å². The van der Waals surface area contributed by atoms with Gasteiger partial charge in [-0.05, 0) is 66.3 Å². The third kappa shape index (κ3) is 4.39. The molecule has 0 bridgehead atoms. The van der Waals surface area contributed by atoms with Crippen molar-refractivity contribution in [2.45, 2.75) is 18.8 Å². The summed E-state index contributed by atoms with van der Waals surface area (Å²) in [6, 6.07) is 20.7. The third-order valence-corrected chi connectivity index (χ3v) is 6.44. The molecular formula is C26H28N6O2. The second kappa shape index (κ2) is 9.05. The average Bonchev–Trinajstić information content (AvgIpc) is 3.27. The number of hydrogen-bond donors (Lipinski definition) is 2. The van der Waals surface area contributed by atoms with Crippen LogP contribution in [-0.4, -0.2) is 57.9 Å². The highest BCUT2D eigenvalue weighted by molar-refractivity contribution is 5.80. The van der Waals surface area contributed by atoms with Crippen LogP contribution in [0.1, 0.15) is 24.3 Å². The number of piperidine rings is 1.